The molecular weight excluding hydrogens is 386 g/mol. The molecule has 2 amide bonds. The minimum absolute atomic E-state index is 0.0180. The molecule has 1 fully saturated rings. The average molecular weight is 416 g/mol. The summed E-state index contributed by atoms with van der Waals surface area (Å²) in [4.78, 5) is 29.7. The molecule has 9 heteroatoms. The number of aromatic nitrogens is 1. The van der Waals surface area contributed by atoms with Gasteiger partial charge in [0.1, 0.15) is 0 Å². The lowest BCUT2D eigenvalue weighted by Gasteiger charge is -2.36. The predicted molar refractivity (Wildman–Crippen MR) is 109 cm³/mol. The van der Waals surface area contributed by atoms with Gasteiger partial charge in [0, 0.05) is 19.7 Å². The van der Waals surface area contributed by atoms with Crippen LogP contribution >= 0.6 is 23.1 Å². The first-order valence-electron chi connectivity index (χ1n) is 9.24. The number of nitrogens with one attached hydrogen (secondary N) is 1. The van der Waals surface area contributed by atoms with E-state index in [9.17, 15) is 9.59 Å². The van der Waals surface area contributed by atoms with Crippen molar-refractivity contribution in [1.82, 2.24) is 9.88 Å². The number of methoxy groups -OCH3 is 1. The highest BCUT2D eigenvalue weighted by atomic mass is 32.2. The highest BCUT2D eigenvalue weighted by Gasteiger charge is 2.28. The van der Waals surface area contributed by atoms with E-state index in [0.29, 0.717) is 11.7 Å². The van der Waals surface area contributed by atoms with Crippen LogP contribution in [0.25, 0.3) is 0 Å². The molecule has 0 radical (unpaired) electrons. The zero-order valence-electron chi connectivity index (χ0n) is 16.2. The van der Waals surface area contributed by atoms with Crippen molar-refractivity contribution in [2.75, 3.05) is 24.7 Å². The van der Waals surface area contributed by atoms with Crippen molar-refractivity contribution >= 4 is 40.2 Å². The van der Waals surface area contributed by atoms with E-state index in [-0.39, 0.29) is 23.4 Å². The van der Waals surface area contributed by atoms with Crippen LogP contribution in [0, 0.1) is 0 Å². The number of carboxylic acids is 1. The first-order chi connectivity index (χ1) is 12.8. The Morgan fingerprint density at radius 1 is 1.41 bits per heavy atom. The largest absolute Gasteiger partial charge is 0.481 e. The molecule has 1 aromatic heterocycles. The zero-order chi connectivity index (χ0) is 19.9. The fraction of sp³-hybridized carbons (Fsp3) is 0.722. The summed E-state index contributed by atoms with van der Waals surface area (Å²) in [5, 5.41) is 12.2. The number of aliphatic carboxylic acids is 1. The van der Waals surface area contributed by atoms with Crippen molar-refractivity contribution in [2.24, 2.45) is 0 Å². The van der Waals surface area contributed by atoms with Crippen LogP contribution in [-0.4, -0.2) is 58.0 Å². The van der Waals surface area contributed by atoms with Gasteiger partial charge in [0.05, 0.1) is 21.8 Å². The number of hydrogen-bond acceptors (Lipinski definition) is 6. The van der Waals surface area contributed by atoms with Crippen molar-refractivity contribution in [1.29, 1.82) is 0 Å². The van der Waals surface area contributed by atoms with Crippen LogP contribution in [0.15, 0.2) is 10.4 Å². The minimum atomic E-state index is -0.872. The Kier molecular flexibility index (Phi) is 8.37. The van der Waals surface area contributed by atoms with Crippen molar-refractivity contribution in [3.8, 4) is 0 Å². The normalized spacial score (nSPS) is 15.5. The summed E-state index contributed by atoms with van der Waals surface area (Å²) in [6.45, 7) is 4.68. The second-order valence-electron chi connectivity index (χ2n) is 7.30. The van der Waals surface area contributed by atoms with Gasteiger partial charge in [0.2, 0.25) is 0 Å². The van der Waals surface area contributed by atoms with Gasteiger partial charge < -0.3 is 14.7 Å². The average Bonchev–Trinajstić information content (AvgIpc) is 3.08. The Hall–Kier alpha value is -1.32. The molecule has 0 spiro atoms. The van der Waals surface area contributed by atoms with Crippen molar-refractivity contribution in [3.63, 3.8) is 0 Å². The van der Waals surface area contributed by atoms with Gasteiger partial charge in [-0.3, -0.25) is 10.1 Å². The van der Waals surface area contributed by atoms with E-state index in [4.69, 9.17) is 9.84 Å². The van der Waals surface area contributed by atoms with Gasteiger partial charge >= 0.3 is 12.0 Å². The van der Waals surface area contributed by atoms with Crippen LogP contribution < -0.4 is 5.32 Å². The molecule has 2 N–H and O–H groups in total. The first kappa shape index (κ1) is 22.0. The summed E-state index contributed by atoms with van der Waals surface area (Å²) in [6, 6.07) is 0.102. The Bertz CT molecular complexity index is 630. The second kappa shape index (κ2) is 10.3. The molecule has 0 saturated heterocycles. The first-order valence-corrected chi connectivity index (χ1v) is 11.0. The van der Waals surface area contributed by atoms with Crippen molar-refractivity contribution in [2.45, 2.75) is 68.2 Å². The lowest BCUT2D eigenvalue weighted by molar-refractivity contribution is -0.133. The van der Waals surface area contributed by atoms with Gasteiger partial charge in [0.25, 0.3) is 0 Å². The number of anilines is 1. The van der Waals surface area contributed by atoms with Crippen molar-refractivity contribution < 1.29 is 19.4 Å². The molecule has 0 aliphatic heterocycles. The Balaban J connectivity index is 2.00. The summed E-state index contributed by atoms with van der Waals surface area (Å²) in [7, 11) is 1.69. The fourth-order valence-electron chi connectivity index (χ4n) is 3.01. The highest BCUT2D eigenvalue weighted by Crippen LogP contribution is 2.29. The lowest BCUT2D eigenvalue weighted by Crippen LogP contribution is -2.46. The lowest BCUT2D eigenvalue weighted by atomic mass is 9.93. The molecule has 152 valence electrons. The Labute approximate surface area is 168 Å². The van der Waals surface area contributed by atoms with E-state index in [0.717, 1.165) is 36.3 Å². The Morgan fingerprint density at radius 3 is 2.74 bits per heavy atom. The number of carbonyl (C=O) groups excluding carboxylic acids is 1. The maximum Gasteiger partial charge on any atom is 0.323 e. The number of hydrogen-bond donors (Lipinski definition) is 2. The summed E-state index contributed by atoms with van der Waals surface area (Å²) in [5.74, 6) is -0.890. The quantitative estimate of drug-likeness (QED) is 0.584. The monoisotopic (exact) mass is 415 g/mol. The molecular formula is C18H29N3O4S2. The topological polar surface area (TPSA) is 91.8 Å². The second-order valence-corrected chi connectivity index (χ2v) is 9.60. The van der Waals surface area contributed by atoms with E-state index in [1.165, 1.54) is 29.5 Å². The number of carbonyl (C=O) groups is 2. The molecule has 0 atom stereocenters. The third kappa shape index (κ3) is 7.31. The number of ether oxygens (including phenoxy) is 1. The van der Waals surface area contributed by atoms with Crippen LogP contribution in [-0.2, 0) is 9.53 Å². The molecule has 0 unspecified atom stereocenters. The number of rotatable bonds is 9. The molecule has 1 heterocycles. The third-order valence-electron chi connectivity index (χ3n) is 4.82. The molecule has 1 saturated carbocycles. The summed E-state index contributed by atoms with van der Waals surface area (Å²) >= 11 is 2.51. The standard InChI is InChI=1S/C18H29N3O4S2/c1-18(2,25-3)9-10-21(13-7-5-4-6-8-13)17(24)20-16-19-11-15(27-16)26-12-14(22)23/h11,13H,4-10,12H2,1-3H3,(H,22,23)(H,19,20,24). The SMILES string of the molecule is COC(C)(C)CCN(C(=O)Nc1ncc(SCC(=O)O)s1)C1CCCCC1. The number of nitrogens with zero attached hydrogens (tertiary/aromatic N) is 2. The van der Waals surface area contributed by atoms with Crippen LogP contribution in [0.3, 0.4) is 0 Å². The van der Waals surface area contributed by atoms with Crippen LogP contribution in [0.4, 0.5) is 9.93 Å². The fourth-order valence-corrected chi connectivity index (χ4v) is 4.60. The molecule has 1 aliphatic carbocycles. The van der Waals surface area contributed by atoms with Crippen LogP contribution in [0.2, 0.25) is 0 Å². The van der Waals surface area contributed by atoms with Crippen molar-refractivity contribution in [3.05, 3.63) is 6.20 Å². The van der Waals surface area contributed by atoms with Gasteiger partial charge in [-0.25, -0.2) is 9.78 Å². The Morgan fingerprint density at radius 2 is 2.11 bits per heavy atom. The molecule has 2 rings (SSSR count). The molecule has 1 aromatic rings. The molecule has 0 bridgehead atoms. The summed E-state index contributed by atoms with van der Waals surface area (Å²) in [6.07, 6.45) is 7.94. The zero-order valence-corrected chi connectivity index (χ0v) is 17.8. The van der Waals surface area contributed by atoms with E-state index in [2.05, 4.69) is 10.3 Å². The van der Waals surface area contributed by atoms with E-state index >= 15 is 0 Å². The number of carboxylic acid groups (broad SMARTS) is 1. The molecule has 7 nitrogen and oxygen atoms in total. The predicted octanol–water partition coefficient (Wildman–Crippen LogP) is 4.30. The van der Waals surface area contributed by atoms with E-state index < -0.39 is 5.97 Å². The summed E-state index contributed by atoms with van der Waals surface area (Å²) < 4.78 is 6.28. The smallest absolute Gasteiger partial charge is 0.323 e. The van der Waals surface area contributed by atoms with Gasteiger partial charge in [0.15, 0.2) is 5.13 Å². The highest BCUT2D eigenvalue weighted by molar-refractivity contribution is 8.01. The molecule has 27 heavy (non-hydrogen) atoms. The van der Waals surface area contributed by atoms with E-state index in [1.807, 2.05) is 18.7 Å². The number of amides is 2. The maximum absolute atomic E-state index is 12.9. The molecule has 1 aliphatic rings. The van der Waals surface area contributed by atoms with Crippen LogP contribution in [0.5, 0.6) is 0 Å². The number of thiazole rings is 1. The van der Waals surface area contributed by atoms with Crippen LogP contribution in [0.1, 0.15) is 52.4 Å². The number of urea groups is 1. The van der Waals surface area contributed by atoms with Gasteiger partial charge in [-0.05, 0) is 33.1 Å². The number of thioether (sulfide) groups is 1. The van der Waals surface area contributed by atoms with Gasteiger partial charge in [-0.15, -0.1) is 11.8 Å². The van der Waals surface area contributed by atoms with E-state index in [1.54, 1.807) is 13.3 Å². The molecule has 0 aromatic carbocycles. The maximum atomic E-state index is 12.9. The third-order valence-corrected chi connectivity index (χ3v) is 6.91. The summed E-state index contributed by atoms with van der Waals surface area (Å²) in [5.41, 5.74) is -0.283. The van der Waals surface area contributed by atoms with Gasteiger partial charge in [-0.2, -0.15) is 0 Å². The minimum Gasteiger partial charge on any atom is -0.481 e. The van der Waals surface area contributed by atoms with Gasteiger partial charge in [-0.1, -0.05) is 30.6 Å².